The molecule has 0 atom stereocenters. The van der Waals surface area contributed by atoms with Gasteiger partial charge in [0.05, 0.1) is 22.1 Å². The Morgan fingerprint density at radius 2 is 1.94 bits per heavy atom. The number of nitro groups is 1. The van der Waals surface area contributed by atoms with Crippen molar-refractivity contribution >= 4 is 40.8 Å². The Morgan fingerprint density at radius 3 is 2.64 bits per heavy atom. The van der Waals surface area contributed by atoms with E-state index in [0.29, 0.717) is 23.1 Å². The first-order valence-electron chi connectivity index (χ1n) is 10.2. The van der Waals surface area contributed by atoms with Crippen molar-refractivity contribution in [3.8, 4) is 0 Å². The van der Waals surface area contributed by atoms with Crippen molar-refractivity contribution < 1.29 is 9.72 Å². The maximum absolute atomic E-state index is 12.5. The maximum atomic E-state index is 12.5. The third kappa shape index (κ3) is 6.93. The summed E-state index contributed by atoms with van der Waals surface area (Å²) in [6.45, 7) is 8.21. The van der Waals surface area contributed by atoms with E-state index in [4.69, 9.17) is 0 Å². The molecule has 172 valence electrons. The number of carbonyl (C=O) groups is 1. The smallest absolute Gasteiger partial charge is 0.271 e. The van der Waals surface area contributed by atoms with Gasteiger partial charge in [0.25, 0.3) is 5.69 Å². The normalized spacial score (nSPS) is 10.7. The van der Waals surface area contributed by atoms with Gasteiger partial charge < -0.3 is 9.88 Å². The monoisotopic (exact) mass is 483 g/mol. The molecule has 0 bridgehead atoms. The highest BCUT2D eigenvalue weighted by Gasteiger charge is 2.15. The van der Waals surface area contributed by atoms with Crippen molar-refractivity contribution in [3.63, 3.8) is 0 Å². The molecule has 1 aromatic heterocycles. The second-order valence-electron chi connectivity index (χ2n) is 7.37. The molecule has 33 heavy (non-hydrogen) atoms. The van der Waals surface area contributed by atoms with Crippen LogP contribution in [-0.2, 0) is 22.8 Å². The van der Waals surface area contributed by atoms with Crippen LogP contribution in [0.5, 0.6) is 0 Å². The van der Waals surface area contributed by atoms with Crippen LogP contribution in [0, 0.1) is 24.0 Å². The summed E-state index contributed by atoms with van der Waals surface area (Å²) in [6.07, 6.45) is 1.77. The number of hydrogen-bond donors (Lipinski definition) is 1. The Hall–Kier alpha value is -3.11. The molecule has 0 saturated carbocycles. The molecule has 8 nitrogen and oxygen atoms in total. The number of aromatic nitrogens is 3. The molecule has 3 aromatic rings. The molecule has 1 amide bonds. The molecule has 0 aliphatic rings. The number of thioether (sulfide) groups is 2. The maximum Gasteiger partial charge on any atom is 0.271 e. The number of carbonyl (C=O) groups excluding carboxylic acids is 1. The van der Waals surface area contributed by atoms with Gasteiger partial charge in [-0.25, -0.2) is 0 Å². The minimum Gasteiger partial charge on any atom is -0.325 e. The van der Waals surface area contributed by atoms with Gasteiger partial charge in [-0.3, -0.25) is 14.9 Å². The van der Waals surface area contributed by atoms with Crippen LogP contribution < -0.4 is 5.32 Å². The van der Waals surface area contributed by atoms with E-state index in [0.717, 1.165) is 17.1 Å². The Kier molecular flexibility index (Phi) is 8.67. The first kappa shape index (κ1) is 24.5. The van der Waals surface area contributed by atoms with E-state index in [1.165, 1.54) is 35.0 Å². The standard InChI is InChI=1S/C23H25N5O3S2/c1-4-11-27-21(14-32-13-18-8-5-16(2)6-9-18)25-26-23(27)33-15-22(29)24-20-12-19(28(30)31)10-7-17(20)3/h4-10,12H,1,11,13-15H2,2-3H3,(H,24,29). The lowest BCUT2D eigenvalue weighted by molar-refractivity contribution is -0.384. The number of non-ortho nitro benzene ring substituents is 1. The van der Waals surface area contributed by atoms with E-state index in [1.807, 2.05) is 4.57 Å². The summed E-state index contributed by atoms with van der Waals surface area (Å²) in [6, 6.07) is 12.8. The van der Waals surface area contributed by atoms with Crippen molar-refractivity contribution in [2.75, 3.05) is 11.1 Å². The summed E-state index contributed by atoms with van der Waals surface area (Å²) in [7, 11) is 0. The van der Waals surface area contributed by atoms with Gasteiger partial charge in [-0.15, -0.1) is 28.5 Å². The number of rotatable bonds is 11. The Balaban J connectivity index is 1.59. The summed E-state index contributed by atoms with van der Waals surface area (Å²) >= 11 is 3.02. The lowest BCUT2D eigenvalue weighted by Crippen LogP contribution is -2.15. The van der Waals surface area contributed by atoms with Gasteiger partial charge in [-0.1, -0.05) is 53.7 Å². The van der Waals surface area contributed by atoms with Crippen LogP contribution >= 0.6 is 23.5 Å². The average molecular weight is 484 g/mol. The van der Waals surface area contributed by atoms with Gasteiger partial charge in [0.15, 0.2) is 5.16 Å². The fraction of sp³-hybridized carbons (Fsp3) is 0.261. The number of nitrogens with one attached hydrogen (secondary N) is 1. The minimum absolute atomic E-state index is 0.0675. The van der Waals surface area contributed by atoms with Gasteiger partial charge in [0.1, 0.15) is 5.82 Å². The summed E-state index contributed by atoms with van der Waals surface area (Å²) in [5.74, 6) is 2.22. The summed E-state index contributed by atoms with van der Waals surface area (Å²) < 4.78 is 1.95. The number of aryl methyl sites for hydroxylation is 2. The quantitative estimate of drug-likeness (QED) is 0.174. The number of anilines is 1. The Labute approximate surface area is 201 Å². The minimum atomic E-state index is -0.486. The summed E-state index contributed by atoms with van der Waals surface area (Å²) in [5.41, 5.74) is 3.60. The average Bonchev–Trinajstić information content (AvgIpc) is 3.17. The highest BCUT2D eigenvalue weighted by Crippen LogP contribution is 2.24. The van der Waals surface area contributed by atoms with Gasteiger partial charge >= 0.3 is 0 Å². The number of benzene rings is 2. The SMILES string of the molecule is C=CCn1c(CSCc2ccc(C)cc2)nnc1SCC(=O)Nc1cc([N+](=O)[O-])ccc1C. The first-order chi connectivity index (χ1) is 15.9. The molecule has 0 saturated heterocycles. The highest BCUT2D eigenvalue weighted by atomic mass is 32.2. The third-order valence-electron chi connectivity index (χ3n) is 4.76. The molecule has 3 rings (SSSR count). The molecular formula is C23H25N5O3S2. The summed E-state index contributed by atoms with van der Waals surface area (Å²) in [4.78, 5) is 23.0. The number of hydrogen-bond acceptors (Lipinski definition) is 7. The van der Waals surface area contributed by atoms with Crippen LogP contribution in [0.4, 0.5) is 11.4 Å². The molecule has 0 unspecified atom stereocenters. The number of nitro benzene ring substituents is 1. The lowest BCUT2D eigenvalue weighted by Gasteiger charge is -2.09. The molecule has 0 aliphatic heterocycles. The van der Waals surface area contributed by atoms with Gasteiger partial charge in [0, 0.05) is 24.4 Å². The van der Waals surface area contributed by atoms with Crippen molar-refractivity contribution in [1.29, 1.82) is 0 Å². The van der Waals surface area contributed by atoms with Crippen LogP contribution in [0.15, 0.2) is 60.3 Å². The molecule has 0 aliphatic carbocycles. The van der Waals surface area contributed by atoms with Gasteiger partial charge in [-0.05, 0) is 25.0 Å². The van der Waals surface area contributed by atoms with Crippen molar-refractivity contribution in [1.82, 2.24) is 14.8 Å². The first-order valence-corrected chi connectivity index (χ1v) is 12.4. The molecule has 0 radical (unpaired) electrons. The van der Waals surface area contributed by atoms with Crippen LogP contribution in [0.3, 0.4) is 0 Å². The second-order valence-corrected chi connectivity index (χ2v) is 9.30. The van der Waals surface area contributed by atoms with Crippen LogP contribution in [0.1, 0.15) is 22.5 Å². The van der Waals surface area contributed by atoms with Gasteiger partial charge in [-0.2, -0.15) is 0 Å². The van der Waals surface area contributed by atoms with Crippen molar-refractivity contribution in [2.24, 2.45) is 0 Å². The molecular weight excluding hydrogens is 458 g/mol. The number of amides is 1. The fourth-order valence-corrected chi connectivity index (χ4v) is 4.66. The molecule has 10 heteroatoms. The van der Waals surface area contributed by atoms with Crippen LogP contribution in [0.2, 0.25) is 0 Å². The van der Waals surface area contributed by atoms with Crippen LogP contribution in [0.25, 0.3) is 0 Å². The molecule has 1 N–H and O–H groups in total. The number of allylic oxidation sites excluding steroid dienone is 1. The van der Waals surface area contributed by atoms with E-state index in [-0.39, 0.29) is 17.3 Å². The Morgan fingerprint density at radius 1 is 1.18 bits per heavy atom. The van der Waals surface area contributed by atoms with Gasteiger partial charge in [0.2, 0.25) is 5.91 Å². The van der Waals surface area contributed by atoms with E-state index in [1.54, 1.807) is 30.8 Å². The molecule has 0 spiro atoms. The largest absolute Gasteiger partial charge is 0.325 e. The van der Waals surface area contributed by atoms with Crippen LogP contribution in [-0.4, -0.2) is 31.3 Å². The highest BCUT2D eigenvalue weighted by molar-refractivity contribution is 7.99. The zero-order valence-corrected chi connectivity index (χ0v) is 20.1. The molecule has 2 aromatic carbocycles. The fourth-order valence-electron chi connectivity index (χ4n) is 2.96. The van der Waals surface area contributed by atoms with Crippen molar-refractivity contribution in [2.45, 2.75) is 37.1 Å². The zero-order chi connectivity index (χ0) is 23.8. The molecule has 1 heterocycles. The number of nitrogens with zero attached hydrogens (tertiary/aromatic N) is 4. The topological polar surface area (TPSA) is 103 Å². The van der Waals surface area contributed by atoms with E-state index >= 15 is 0 Å². The van der Waals surface area contributed by atoms with E-state index in [2.05, 4.69) is 53.3 Å². The predicted molar refractivity (Wildman–Crippen MR) is 134 cm³/mol. The Bertz CT molecular complexity index is 1150. The van der Waals surface area contributed by atoms with E-state index in [9.17, 15) is 14.9 Å². The van der Waals surface area contributed by atoms with Crippen molar-refractivity contribution in [3.05, 3.63) is 87.7 Å². The zero-order valence-electron chi connectivity index (χ0n) is 18.5. The predicted octanol–water partition coefficient (Wildman–Crippen LogP) is 5.15. The lowest BCUT2D eigenvalue weighted by atomic mass is 10.2. The third-order valence-corrected chi connectivity index (χ3v) is 6.73. The summed E-state index contributed by atoms with van der Waals surface area (Å²) in [5, 5.41) is 22.9. The second kappa shape index (κ2) is 11.7. The van der Waals surface area contributed by atoms with E-state index < -0.39 is 4.92 Å². The molecule has 0 fully saturated rings.